The minimum atomic E-state index is -0.661. The average Bonchev–Trinajstić information content (AvgIpc) is 3.60. The van der Waals surface area contributed by atoms with Gasteiger partial charge in [0.05, 0.1) is 46.9 Å². The number of Topliss-reactive ketones (excluding diaryl/α,β-unsaturated/α-hetero) is 1. The van der Waals surface area contributed by atoms with Crippen LogP contribution in [0, 0.1) is 12.3 Å². The van der Waals surface area contributed by atoms with Gasteiger partial charge in [-0.15, -0.1) is 0 Å². The van der Waals surface area contributed by atoms with Crippen LogP contribution in [0.1, 0.15) is 21.9 Å². The molecule has 4 aromatic rings. The predicted molar refractivity (Wildman–Crippen MR) is 139 cm³/mol. The van der Waals surface area contributed by atoms with Crippen molar-refractivity contribution >= 4 is 34.5 Å². The lowest BCUT2D eigenvalue weighted by molar-refractivity contribution is -0.127. The van der Waals surface area contributed by atoms with Crippen LogP contribution in [0.25, 0.3) is 22.4 Å². The molecule has 4 N–H and O–H groups in total. The topological polar surface area (TPSA) is 172 Å². The zero-order valence-electron chi connectivity index (χ0n) is 20.9. The van der Waals surface area contributed by atoms with Crippen LogP contribution in [0.2, 0.25) is 0 Å². The summed E-state index contributed by atoms with van der Waals surface area (Å²) >= 11 is 0. The van der Waals surface area contributed by atoms with E-state index in [4.69, 9.17) is 15.9 Å². The van der Waals surface area contributed by atoms with Crippen molar-refractivity contribution < 1.29 is 14.3 Å². The maximum Gasteiger partial charge on any atom is 0.295 e. The molecule has 1 fully saturated rings. The summed E-state index contributed by atoms with van der Waals surface area (Å²) in [5.41, 5.74) is 8.44. The lowest BCUT2D eigenvalue weighted by Crippen LogP contribution is -2.50. The van der Waals surface area contributed by atoms with Crippen molar-refractivity contribution in [3.05, 3.63) is 65.9 Å². The predicted octanol–water partition coefficient (Wildman–Crippen LogP) is 1.16. The number of rotatable bonds is 7. The lowest BCUT2D eigenvalue weighted by Gasteiger charge is -2.36. The Morgan fingerprint density at radius 1 is 1.13 bits per heavy atom. The maximum absolute atomic E-state index is 13.4. The third kappa shape index (κ3) is 4.34. The molecule has 0 atom stereocenters. The molecule has 1 aliphatic heterocycles. The molecule has 0 unspecified atom stereocenters. The van der Waals surface area contributed by atoms with E-state index in [0.717, 1.165) is 0 Å². The zero-order chi connectivity index (χ0) is 26.8. The van der Waals surface area contributed by atoms with E-state index in [2.05, 4.69) is 25.0 Å². The normalized spacial score (nSPS) is 14.4. The molecule has 0 bridgehead atoms. The number of aromatic amines is 1. The second kappa shape index (κ2) is 10.1. The number of aryl methyl sites for hydroxylation is 1. The number of nitrogens with zero attached hydrogens (tertiary/aromatic N) is 7. The first-order valence-corrected chi connectivity index (χ1v) is 11.9. The highest BCUT2D eigenvalue weighted by atomic mass is 16.5. The van der Waals surface area contributed by atoms with E-state index in [1.807, 2.05) is 11.0 Å². The number of pyridine rings is 2. The molecule has 13 heteroatoms. The monoisotopic (exact) mass is 514 g/mol. The van der Waals surface area contributed by atoms with E-state index >= 15 is 0 Å². The van der Waals surface area contributed by atoms with Crippen LogP contribution in [0.5, 0.6) is 5.75 Å². The van der Waals surface area contributed by atoms with Gasteiger partial charge in [0.25, 0.3) is 11.7 Å². The van der Waals surface area contributed by atoms with E-state index in [0.29, 0.717) is 71.6 Å². The number of aromatic nitrogens is 6. The number of methoxy groups -OCH3 is 1. The van der Waals surface area contributed by atoms with Gasteiger partial charge in [-0.1, -0.05) is 6.07 Å². The number of ketones is 1. The second-order valence-corrected chi connectivity index (χ2v) is 8.61. The van der Waals surface area contributed by atoms with Gasteiger partial charge in [0.15, 0.2) is 5.82 Å². The molecule has 0 spiro atoms. The smallest absolute Gasteiger partial charge is 0.295 e. The molecule has 0 saturated carbocycles. The first-order chi connectivity index (χ1) is 18.4. The van der Waals surface area contributed by atoms with Crippen LogP contribution in [0.4, 0.5) is 0 Å². The number of allylic oxidation sites excluding steroid dienone is 1. The molecular weight excluding hydrogens is 488 g/mol. The summed E-state index contributed by atoms with van der Waals surface area (Å²) in [6.07, 6.45) is 7.32. The standard InChI is InChI=1S/C25H26N10O3/c1-15-31-14-35(32-15)24-22-20(19(38-2)13-30-24)16(12-29-22)23(36)25(37)34-9-7-33(8-10-34)18(11-26)21(27)17-5-3-4-6-28-17/h3-6,11-14,26,29H,7-10,27H2,1-2H3/b21-18+,26-11?. The molecule has 0 aliphatic carbocycles. The average molecular weight is 515 g/mol. The Morgan fingerprint density at radius 2 is 1.89 bits per heavy atom. The summed E-state index contributed by atoms with van der Waals surface area (Å²) in [7, 11) is 1.48. The van der Waals surface area contributed by atoms with Crippen molar-refractivity contribution in [2.24, 2.45) is 5.73 Å². The Hall–Kier alpha value is -5.07. The third-order valence-corrected chi connectivity index (χ3v) is 6.40. The number of amides is 1. The fourth-order valence-electron chi connectivity index (χ4n) is 4.46. The highest BCUT2D eigenvalue weighted by Crippen LogP contribution is 2.32. The molecule has 5 rings (SSSR count). The number of piperazine rings is 1. The quantitative estimate of drug-likeness (QED) is 0.186. The summed E-state index contributed by atoms with van der Waals surface area (Å²) in [6, 6.07) is 5.39. The molecule has 13 nitrogen and oxygen atoms in total. The van der Waals surface area contributed by atoms with Crippen molar-refractivity contribution in [3.63, 3.8) is 0 Å². The molecule has 38 heavy (non-hydrogen) atoms. The summed E-state index contributed by atoms with van der Waals surface area (Å²) in [5, 5.41) is 12.6. The van der Waals surface area contributed by atoms with Crippen LogP contribution in [-0.4, -0.2) is 90.7 Å². The second-order valence-electron chi connectivity index (χ2n) is 8.61. The van der Waals surface area contributed by atoms with Gasteiger partial charge in [0, 0.05) is 44.8 Å². The van der Waals surface area contributed by atoms with Gasteiger partial charge in [0.2, 0.25) is 0 Å². The van der Waals surface area contributed by atoms with Gasteiger partial charge in [0.1, 0.15) is 17.9 Å². The van der Waals surface area contributed by atoms with Crippen molar-refractivity contribution in [1.82, 2.24) is 39.5 Å². The fraction of sp³-hybridized carbons (Fsp3) is 0.240. The summed E-state index contributed by atoms with van der Waals surface area (Å²) in [5.74, 6) is 0.0636. The third-order valence-electron chi connectivity index (χ3n) is 6.40. The van der Waals surface area contributed by atoms with Crippen molar-refractivity contribution in [3.8, 4) is 11.6 Å². The molecule has 0 radical (unpaired) electrons. The van der Waals surface area contributed by atoms with Crippen molar-refractivity contribution in [2.45, 2.75) is 6.92 Å². The maximum atomic E-state index is 13.4. The Bertz CT molecular complexity index is 1550. The zero-order valence-corrected chi connectivity index (χ0v) is 20.9. The van der Waals surface area contributed by atoms with Gasteiger partial charge in [-0.2, -0.15) is 5.10 Å². The van der Waals surface area contributed by atoms with E-state index in [1.165, 1.54) is 41.6 Å². The minimum absolute atomic E-state index is 0.184. The van der Waals surface area contributed by atoms with Crippen LogP contribution in [-0.2, 0) is 4.79 Å². The number of hydrogen-bond donors (Lipinski definition) is 3. The van der Waals surface area contributed by atoms with Crippen LogP contribution in [0.15, 0.2) is 48.8 Å². The molecule has 1 aliphatic rings. The van der Waals surface area contributed by atoms with Gasteiger partial charge < -0.3 is 30.7 Å². The van der Waals surface area contributed by atoms with Gasteiger partial charge in [-0.25, -0.2) is 14.6 Å². The van der Waals surface area contributed by atoms with Crippen molar-refractivity contribution in [1.29, 1.82) is 5.41 Å². The molecule has 4 aromatic heterocycles. The minimum Gasteiger partial charge on any atom is -0.494 e. The highest BCUT2D eigenvalue weighted by molar-refractivity contribution is 6.45. The highest BCUT2D eigenvalue weighted by Gasteiger charge is 2.31. The van der Waals surface area contributed by atoms with Crippen molar-refractivity contribution in [2.75, 3.05) is 33.3 Å². The first kappa shape index (κ1) is 24.6. The van der Waals surface area contributed by atoms with Gasteiger partial charge >= 0.3 is 0 Å². The number of carbonyl (C=O) groups excluding carboxylic acids is 2. The molecule has 1 amide bonds. The Labute approximate surface area is 217 Å². The number of fused-ring (bicyclic) bond motifs is 1. The van der Waals surface area contributed by atoms with Crippen LogP contribution < -0.4 is 10.5 Å². The molecule has 0 aromatic carbocycles. The number of carbonyl (C=O) groups is 2. The van der Waals surface area contributed by atoms with E-state index < -0.39 is 11.7 Å². The number of ether oxygens (including phenoxy) is 1. The Balaban J connectivity index is 1.37. The van der Waals surface area contributed by atoms with E-state index in [-0.39, 0.29) is 5.56 Å². The number of hydrogen-bond acceptors (Lipinski definition) is 10. The number of nitrogens with two attached hydrogens (primary N) is 1. The first-order valence-electron chi connectivity index (χ1n) is 11.9. The number of nitrogens with one attached hydrogen (secondary N) is 2. The lowest BCUT2D eigenvalue weighted by atomic mass is 10.1. The van der Waals surface area contributed by atoms with Crippen LogP contribution >= 0.6 is 0 Å². The summed E-state index contributed by atoms with van der Waals surface area (Å²) < 4.78 is 6.95. The van der Waals surface area contributed by atoms with Gasteiger partial charge in [-0.3, -0.25) is 14.6 Å². The number of H-pyrrole nitrogens is 1. The Kier molecular flexibility index (Phi) is 6.56. The fourth-order valence-corrected chi connectivity index (χ4v) is 4.46. The van der Waals surface area contributed by atoms with Crippen LogP contribution in [0.3, 0.4) is 0 Å². The molecule has 5 heterocycles. The summed E-state index contributed by atoms with van der Waals surface area (Å²) in [4.78, 5) is 45.9. The largest absolute Gasteiger partial charge is 0.494 e. The SMILES string of the molecule is COc1cnc(-n2cnc(C)n2)c2[nH]cc(C(=O)C(=O)N3CCN(/C(C=N)=C(/N)c4ccccn4)CC3)c12. The van der Waals surface area contributed by atoms with E-state index in [1.54, 1.807) is 25.3 Å². The Morgan fingerprint density at radius 3 is 2.53 bits per heavy atom. The molecule has 194 valence electrons. The molecule has 1 saturated heterocycles. The molecular formula is C25H26N10O3. The van der Waals surface area contributed by atoms with Gasteiger partial charge in [-0.05, 0) is 19.1 Å². The van der Waals surface area contributed by atoms with E-state index in [9.17, 15) is 9.59 Å². The summed E-state index contributed by atoms with van der Waals surface area (Å²) in [6.45, 7) is 3.17.